The fraction of sp³-hybridized carbons (Fsp3) is 0.696. The number of nitrogens with zero attached hydrogens (tertiary/aromatic N) is 2. The Kier molecular flexibility index (Phi) is 9.26. The van der Waals surface area contributed by atoms with E-state index in [9.17, 15) is 5.11 Å². The third kappa shape index (κ3) is 6.49. The van der Waals surface area contributed by atoms with Crippen LogP contribution < -0.4 is 10.6 Å². The van der Waals surface area contributed by atoms with Gasteiger partial charge in [-0.15, -0.1) is 0 Å². The zero-order valence-electron chi connectivity index (χ0n) is 18.2. The molecule has 3 N–H and O–H groups in total. The molecule has 28 heavy (non-hydrogen) atoms. The maximum atomic E-state index is 9.81. The number of guanidine groups is 1. The van der Waals surface area contributed by atoms with Gasteiger partial charge in [-0.05, 0) is 45.1 Å². The minimum Gasteiger partial charge on any atom is -0.396 e. The maximum Gasteiger partial charge on any atom is 0.191 e. The largest absolute Gasteiger partial charge is 0.396 e. The average Bonchev–Trinajstić information content (AvgIpc) is 2.72. The zero-order valence-corrected chi connectivity index (χ0v) is 18.2. The van der Waals surface area contributed by atoms with E-state index in [0.29, 0.717) is 18.6 Å². The zero-order chi connectivity index (χ0) is 20.4. The summed E-state index contributed by atoms with van der Waals surface area (Å²) in [4.78, 5) is 7.40. The molecule has 0 spiro atoms. The molecular weight excluding hydrogens is 348 g/mol. The van der Waals surface area contributed by atoms with Gasteiger partial charge in [0.25, 0.3) is 0 Å². The van der Waals surface area contributed by atoms with Crippen LogP contribution in [0.15, 0.2) is 35.3 Å². The van der Waals surface area contributed by atoms with E-state index in [4.69, 9.17) is 4.99 Å². The first-order valence-electron chi connectivity index (χ1n) is 11.0. The van der Waals surface area contributed by atoms with Gasteiger partial charge in [0, 0.05) is 37.1 Å². The highest BCUT2D eigenvalue weighted by atomic mass is 16.3. The topological polar surface area (TPSA) is 59.9 Å². The molecular formula is C23H40N4O. The summed E-state index contributed by atoms with van der Waals surface area (Å²) < 4.78 is 0. The molecule has 5 nitrogen and oxygen atoms in total. The molecule has 158 valence electrons. The lowest BCUT2D eigenvalue weighted by molar-refractivity contribution is 0.123. The number of aliphatic hydroxyl groups is 1. The first kappa shape index (κ1) is 22.7. The highest BCUT2D eigenvalue weighted by Crippen LogP contribution is 2.26. The highest BCUT2D eigenvalue weighted by molar-refractivity contribution is 5.80. The second-order valence-corrected chi connectivity index (χ2v) is 8.23. The predicted molar refractivity (Wildman–Crippen MR) is 119 cm³/mol. The summed E-state index contributed by atoms with van der Waals surface area (Å²) in [5.74, 6) is 0.885. The molecule has 1 aromatic rings. The van der Waals surface area contributed by atoms with E-state index >= 15 is 0 Å². The van der Waals surface area contributed by atoms with Gasteiger partial charge in [0.05, 0.1) is 13.2 Å². The van der Waals surface area contributed by atoms with Crippen molar-refractivity contribution in [3.63, 3.8) is 0 Å². The molecule has 2 unspecified atom stereocenters. The minimum absolute atomic E-state index is 0.102. The van der Waals surface area contributed by atoms with E-state index in [1.165, 1.54) is 5.56 Å². The van der Waals surface area contributed by atoms with E-state index in [0.717, 1.165) is 51.3 Å². The lowest BCUT2D eigenvalue weighted by Crippen LogP contribution is -2.51. The highest BCUT2D eigenvalue weighted by Gasteiger charge is 2.27. The third-order valence-electron chi connectivity index (χ3n) is 6.34. The van der Waals surface area contributed by atoms with Crippen molar-refractivity contribution in [3.8, 4) is 0 Å². The van der Waals surface area contributed by atoms with E-state index in [-0.39, 0.29) is 12.0 Å². The number of nitrogens with one attached hydrogen (secondary N) is 2. The van der Waals surface area contributed by atoms with Crippen molar-refractivity contribution in [2.45, 2.75) is 72.0 Å². The lowest BCUT2D eigenvalue weighted by Gasteiger charge is -2.38. The SMILES string of the molecule is CCNC(=NCC(CC)(CC)CO)NC1CCN(Cc2ccccc2)C(C)C1. The van der Waals surface area contributed by atoms with Crippen LogP contribution in [0.25, 0.3) is 0 Å². The van der Waals surface area contributed by atoms with Crippen molar-refractivity contribution >= 4 is 5.96 Å². The van der Waals surface area contributed by atoms with Gasteiger partial charge in [-0.25, -0.2) is 0 Å². The molecule has 0 amide bonds. The Hall–Kier alpha value is -1.59. The summed E-state index contributed by atoms with van der Waals surface area (Å²) in [6.45, 7) is 12.5. The number of aliphatic hydroxyl groups excluding tert-OH is 1. The second kappa shape index (κ2) is 11.4. The molecule has 0 aliphatic carbocycles. The monoisotopic (exact) mass is 388 g/mol. The van der Waals surface area contributed by atoms with E-state index in [1.54, 1.807) is 0 Å². The number of hydrogen-bond acceptors (Lipinski definition) is 3. The predicted octanol–water partition coefficient (Wildman–Crippen LogP) is 3.39. The Morgan fingerprint density at radius 2 is 1.93 bits per heavy atom. The standard InChI is InChI=1S/C23H40N4O/c1-5-23(6-2,18-28)17-25-22(24-7-3)26-21-13-14-27(19(4)15-21)16-20-11-9-8-10-12-20/h8-12,19,21,28H,5-7,13-18H2,1-4H3,(H2,24,25,26). The first-order valence-corrected chi connectivity index (χ1v) is 11.0. The summed E-state index contributed by atoms with van der Waals surface area (Å²) in [6.07, 6.45) is 4.12. The Morgan fingerprint density at radius 3 is 2.50 bits per heavy atom. The van der Waals surface area contributed by atoms with Crippen LogP contribution in [-0.4, -0.2) is 54.3 Å². The van der Waals surface area contributed by atoms with Crippen molar-refractivity contribution in [2.75, 3.05) is 26.2 Å². The van der Waals surface area contributed by atoms with Gasteiger partial charge in [0.1, 0.15) is 0 Å². The molecule has 1 fully saturated rings. The van der Waals surface area contributed by atoms with Crippen molar-refractivity contribution in [2.24, 2.45) is 10.4 Å². The number of piperidine rings is 1. The summed E-state index contributed by atoms with van der Waals surface area (Å²) >= 11 is 0. The van der Waals surface area contributed by atoms with E-state index in [2.05, 4.69) is 73.6 Å². The summed E-state index contributed by atoms with van der Waals surface area (Å²) in [6, 6.07) is 11.7. The lowest BCUT2D eigenvalue weighted by atomic mass is 9.83. The van der Waals surface area contributed by atoms with Crippen molar-refractivity contribution in [3.05, 3.63) is 35.9 Å². The number of aliphatic imine (C=N–C) groups is 1. The van der Waals surface area contributed by atoms with Crippen LogP contribution in [0.5, 0.6) is 0 Å². The average molecular weight is 389 g/mol. The normalized spacial score (nSPS) is 21.5. The Labute approximate surface area is 171 Å². The summed E-state index contributed by atoms with van der Waals surface area (Å²) in [5, 5.41) is 16.8. The fourth-order valence-corrected chi connectivity index (χ4v) is 3.91. The molecule has 5 heteroatoms. The summed E-state index contributed by atoms with van der Waals surface area (Å²) in [7, 11) is 0. The van der Waals surface area contributed by atoms with Gasteiger partial charge < -0.3 is 15.7 Å². The van der Waals surface area contributed by atoms with Crippen molar-refractivity contribution < 1.29 is 5.11 Å². The third-order valence-corrected chi connectivity index (χ3v) is 6.34. The molecule has 0 bridgehead atoms. The van der Waals surface area contributed by atoms with Crippen LogP contribution in [0.1, 0.15) is 58.9 Å². The van der Waals surface area contributed by atoms with Gasteiger partial charge in [0.2, 0.25) is 0 Å². The molecule has 0 radical (unpaired) electrons. The molecule has 0 saturated carbocycles. The van der Waals surface area contributed by atoms with E-state index < -0.39 is 0 Å². The molecule has 2 rings (SSSR count). The van der Waals surface area contributed by atoms with E-state index in [1.807, 2.05) is 0 Å². The van der Waals surface area contributed by atoms with Crippen LogP contribution in [0, 0.1) is 5.41 Å². The molecule has 1 aliphatic rings. The van der Waals surface area contributed by atoms with Gasteiger partial charge in [-0.1, -0.05) is 44.2 Å². The Bertz CT molecular complexity index is 577. The number of benzene rings is 1. The van der Waals surface area contributed by atoms with Crippen LogP contribution >= 0.6 is 0 Å². The number of likely N-dealkylation sites (tertiary alicyclic amines) is 1. The van der Waals surface area contributed by atoms with Crippen molar-refractivity contribution in [1.82, 2.24) is 15.5 Å². The quantitative estimate of drug-likeness (QED) is 0.448. The van der Waals surface area contributed by atoms with Crippen LogP contribution in [0.2, 0.25) is 0 Å². The van der Waals surface area contributed by atoms with Crippen LogP contribution in [0.4, 0.5) is 0 Å². The smallest absolute Gasteiger partial charge is 0.191 e. The molecule has 1 saturated heterocycles. The van der Waals surface area contributed by atoms with Gasteiger partial charge in [-0.2, -0.15) is 0 Å². The molecule has 1 heterocycles. The van der Waals surface area contributed by atoms with Crippen LogP contribution in [0.3, 0.4) is 0 Å². The van der Waals surface area contributed by atoms with Crippen molar-refractivity contribution in [1.29, 1.82) is 0 Å². The van der Waals surface area contributed by atoms with Crippen LogP contribution in [-0.2, 0) is 6.54 Å². The van der Waals surface area contributed by atoms with Gasteiger partial charge in [0.15, 0.2) is 5.96 Å². The van der Waals surface area contributed by atoms with Gasteiger partial charge >= 0.3 is 0 Å². The molecule has 0 aromatic heterocycles. The number of rotatable bonds is 9. The Morgan fingerprint density at radius 1 is 1.21 bits per heavy atom. The first-order chi connectivity index (χ1) is 13.6. The molecule has 1 aromatic carbocycles. The fourth-order valence-electron chi connectivity index (χ4n) is 3.91. The molecule has 2 atom stereocenters. The number of hydrogen-bond donors (Lipinski definition) is 3. The summed E-state index contributed by atoms with van der Waals surface area (Å²) in [5.41, 5.74) is 1.28. The second-order valence-electron chi connectivity index (χ2n) is 8.23. The Balaban J connectivity index is 1.92. The van der Waals surface area contributed by atoms with Gasteiger partial charge in [-0.3, -0.25) is 9.89 Å². The maximum absolute atomic E-state index is 9.81. The molecule has 1 aliphatic heterocycles. The minimum atomic E-state index is -0.102.